The largest absolute Gasteiger partial charge is 0.445 e. The lowest BCUT2D eigenvalue weighted by Crippen LogP contribution is -2.44. The molecule has 0 bridgehead atoms. The van der Waals surface area contributed by atoms with Crippen molar-refractivity contribution in [3.05, 3.63) is 53.4 Å². The van der Waals surface area contributed by atoms with Crippen LogP contribution in [0.25, 0.3) is 21.5 Å². The van der Waals surface area contributed by atoms with Gasteiger partial charge in [-0.25, -0.2) is 9.97 Å². The van der Waals surface area contributed by atoms with Crippen molar-refractivity contribution in [2.45, 2.75) is 6.18 Å². The van der Waals surface area contributed by atoms with Crippen LogP contribution in [-0.2, 0) is 6.18 Å². The molecule has 1 aliphatic rings. The molecule has 1 aliphatic heterocycles. The van der Waals surface area contributed by atoms with Gasteiger partial charge in [0, 0.05) is 55.1 Å². The van der Waals surface area contributed by atoms with Crippen molar-refractivity contribution in [3.63, 3.8) is 0 Å². The topological polar surface area (TPSA) is 100 Å². The normalized spacial score (nSPS) is 14.9. The molecular formula is C22H19F3N8OS. The molecule has 35 heavy (non-hydrogen) atoms. The van der Waals surface area contributed by atoms with E-state index in [0.29, 0.717) is 33.4 Å². The molecule has 0 saturated carbocycles. The number of carbonyl (C=O) groups is 1. The molecule has 4 aromatic rings. The number of pyridine rings is 3. The Morgan fingerprint density at radius 1 is 1.03 bits per heavy atom. The van der Waals surface area contributed by atoms with E-state index >= 15 is 0 Å². The van der Waals surface area contributed by atoms with Gasteiger partial charge >= 0.3 is 6.18 Å². The minimum Gasteiger partial charge on any atom is -0.354 e. The second kappa shape index (κ2) is 9.15. The molecule has 4 aromatic heterocycles. The first kappa shape index (κ1) is 23.1. The minimum atomic E-state index is -4.56. The van der Waals surface area contributed by atoms with Gasteiger partial charge in [-0.15, -0.1) is 10.2 Å². The first-order chi connectivity index (χ1) is 16.8. The third-order valence-corrected chi connectivity index (χ3v) is 6.58. The average Bonchev–Trinajstić information content (AvgIpc) is 3.35. The number of piperazine rings is 1. The van der Waals surface area contributed by atoms with Crippen LogP contribution < -0.4 is 10.2 Å². The summed E-state index contributed by atoms with van der Waals surface area (Å²) in [5.74, 6) is 0.673. The fourth-order valence-electron chi connectivity index (χ4n) is 3.63. The Balaban J connectivity index is 1.35. The van der Waals surface area contributed by atoms with Gasteiger partial charge in [0.1, 0.15) is 16.6 Å². The molecule has 1 saturated heterocycles. The molecule has 0 spiro atoms. The van der Waals surface area contributed by atoms with E-state index in [9.17, 15) is 18.0 Å². The summed E-state index contributed by atoms with van der Waals surface area (Å²) in [7, 11) is 2.07. The molecule has 0 unspecified atom stereocenters. The van der Waals surface area contributed by atoms with E-state index in [0.717, 1.165) is 32.0 Å². The Hall–Kier alpha value is -3.71. The predicted octanol–water partition coefficient (Wildman–Crippen LogP) is 3.57. The highest BCUT2D eigenvalue weighted by atomic mass is 32.1. The molecule has 1 fully saturated rings. The van der Waals surface area contributed by atoms with Crippen LogP contribution in [0.1, 0.15) is 15.4 Å². The van der Waals surface area contributed by atoms with Crippen molar-refractivity contribution in [3.8, 4) is 10.6 Å². The third-order valence-electron chi connectivity index (χ3n) is 5.56. The Morgan fingerprint density at radius 3 is 2.57 bits per heavy atom. The molecule has 0 radical (unpaired) electrons. The van der Waals surface area contributed by atoms with Crippen molar-refractivity contribution < 1.29 is 18.0 Å². The number of hydrogen-bond donors (Lipinski definition) is 1. The Bertz CT molecular complexity index is 1380. The number of hydrogen-bond acceptors (Lipinski definition) is 9. The van der Waals surface area contributed by atoms with Crippen LogP contribution in [0.15, 0.2) is 42.9 Å². The Kier molecular flexibility index (Phi) is 6.03. The lowest BCUT2D eigenvalue weighted by atomic mass is 10.2. The maximum absolute atomic E-state index is 12.9. The zero-order chi connectivity index (χ0) is 24.6. The van der Waals surface area contributed by atoms with E-state index in [4.69, 9.17) is 0 Å². The number of rotatable bonds is 4. The van der Waals surface area contributed by atoms with Crippen LogP contribution in [0.4, 0.5) is 24.8 Å². The Morgan fingerprint density at radius 2 is 1.83 bits per heavy atom. The lowest BCUT2D eigenvalue weighted by Gasteiger charge is -2.33. The van der Waals surface area contributed by atoms with Gasteiger partial charge in [-0.2, -0.15) is 13.2 Å². The lowest BCUT2D eigenvalue weighted by molar-refractivity contribution is -0.138. The van der Waals surface area contributed by atoms with Gasteiger partial charge in [0.2, 0.25) is 5.01 Å². The number of alkyl halides is 3. The SMILES string of the molecule is CN1CCN(c2cc(C(=O)Nc3cc4cc(-c5nnc(C(F)(F)F)s5)cnc4cn3)ccn2)CC1. The maximum atomic E-state index is 12.9. The van der Waals surface area contributed by atoms with E-state index in [1.165, 1.54) is 12.4 Å². The second-order valence-electron chi connectivity index (χ2n) is 8.04. The van der Waals surface area contributed by atoms with Crippen LogP contribution in [0.3, 0.4) is 0 Å². The number of halogens is 3. The van der Waals surface area contributed by atoms with Crippen molar-refractivity contribution in [2.75, 3.05) is 43.4 Å². The summed E-state index contributed by atoms with van der Waals surface area (Å²) in [6.45, 7) is 3.50. The standard InChI is InChI=1S/C22H19F3N8OS/c1-32-4-6-33(7-5-32)18-10-13(2-3-26-18)19(34)29-17-9-14-8-15(11-27-16(14)12-28-17)20-30-31-21(35-20)22(23,24)25/h2-3,8-12H,4-7H2,1H3,(H,28,29,34). The molecule has 0 aliphatic carbocycles. The number of likely N-dealkylation sites (N-methyl/N-ethyl adjacent to an activating group) is 1. The highest BCUT2D eigenvalue weighted by Gasteiger charge is 2.35. The predicted molar refractivity (Wildman–Crippen MR) is 125 cm³/mol. The zero-order valence-electron chi connectivity index (χ0n) is 18.5. The summed E-state index contributed by atoms with van der Waals surface area (Å²) < 4.78 is 38.6. The smallest absolute Gasteiger partial charge is 0.354 e. The molecule has 13 heteroatoms. The third kappa shape index (κ3) is 5.05. The fraction of sp³-hybridized carbons (Fsp3) is 0.273. The first-order valence-electron chi connectivity index (χ1n) is 10.6. The van der Waals surface area contributed by atoms with Gasteiger partial charge in [-0.05, 0) is 31.3 Å². The van der Waals surface area contributed by atoms with Crippen molar-refractivity contribution in [1.82, 2.24) is 30.0 Å². The van der Waals surface area contributed by atoms with Gasteiger partial charge in [-0.3, -0.25) is 9.78 Å². The van der Waals surface area contributed by atoms with E-state index in [1.54, 1.807) is 30.5 Å². The number of fused-ring (bicyclic) bond motifs is 1. The van der Waals surface area contributed by atoms with E-state index < -0.39 is 11.2 Å². The highest BCUT2D eigenvalue weighted by molar-refractivity contribution is 7.14. The van der Waals surface area contributed by atoms with Crippen molar-refractivity contribution in [1.29, 1.82) is 0 Å². The minimum absolute atomic E-state index is 0.0994. The van der Waals surface area contributed by atoms with Gasteiger partial charge in [0.15, 0.2) is 0 Å². The second-order valence-corrected chi connectivity index (χ2v) is 9.02. The quantitative estimate of drug-likeness (QED) is 0.454. The van der Waals surface area contributed by atoms with E-state index in [-0.39, 0.29) is 16.7 Å². The molecule has 5 rings (SSSR count). The first-order valence-corrected chi connectivity index (χ1v) is 11.5. The zero-order valence-corrected chi connectivity index (χ0v) is 19.3. The molecule has 0 atom stereocenters. The summed E-state index contributed by atoms with van der Waals surface area (Å²) in [5.41, 5.74) is 1.35. The number of amides is 1. The van der Waals surface area contributed by atoms with Crippen molar-refractivity contribution in [2.24, 2.45) is 0 Å². The molecule has 9 nitrogen and oxygen atoms in total. The number of nitrogens with one attached hydrogen (secondary N) is 1. The average molecular weight is 501 g/mol. The molecule has 180 valence electrons. The van der Waals surface area contributed by atoms with Crippen LogP contribution in [-0.4, -0.2) is 69.2 Å². The number of anilines is 2. The highest BCUT2D eigenvalue weighted by Crippen LogP contribution is 2.35. The fourth-order valence-corrected chi connectivity index (χ4v) is 4.32. The monoisotopic (exact) mass is 500 g/mol. The summed E-state index contributed by atoms with van der Waals surface area (Å²) in [5, 5.41) is 9.27. The maximum Gasteiger partial charge on any atom is 0.445 e. The molecule has 1 amide bonds. The molecule has 0 aromatic carbocycles. The van der Waals surface area contributed by atoms with Gasteiger partial charge in [-0.1, -0.05) is 11.3 Å². The molecular weight excluding hydrogens is 481 g/mol. The number of carbonyl (C=O) groups excluding carboxylic acids is 1. The summed E-state index contributed by atoms with van der Waals surface area (Å²) in [6.07, 6.45) is -0.0550. The van der Waals surface area contributed by atoms with Gasteiger partial charge < -0.3 is 15.1 Å². The van der Waals surface area contributed by atoms with E-state index in [2.05, 4.69) is 47.3 Å². The van der Waals surface area contributed by atoms with Crippen LogP contribution in [0, 0.1) is 0 Å². The number of nitrogens with zero attached hydrogens (tertiary/aromatic N) is 7. The van der Waals surface area contributed by atoms with E-state index in [1.807, 2.05) is 0 Å². The summed E-state index contributed by atoms with van der Waals surface area (Å²) >= 11 is 0.442. The van der Waals surface area contributed by atoms with Gasteiger partial charge in [0.05, 0.1) is 11.7 Å². The van der Waals surface area contributed by atoms with Crippen LogP contribution in [0.2, 0.25) is 0 Å². The summed E-state index contributed by atoms with van der Waals surface area (Å²) in [4.78, 5) is 30.1. The Labute approximate surface area is 201 Å². The molecule has 5 heterocycles. The van der Waals surface area contributed by atoms with Gasteiger partial charge in [0.25, 0.3) is 5.91 Å². The van der Waals surface area contributed by atoms with Crippen LogP contribution in [0.5, 0.6) is 0 Å². The number of aromatic nitrogens is 5. The molecule has 1 N–H and O–H groups in total. The van der Waals surface area contributed by atoms with Crippen LogP contribution >= 0.6 is 11.3 Å². The van der Waals surface area contributed by atoms with Crippen molar-refractivity contribution >= 4 is 39.8 Å². The summed E-state index contributed by atoms with van der Waals surface area (Å²) in [6, 6.07) is 6.62.